The van der Waals surface area contributed by atoms with Crippen LogP contribution in [-0.4, -0.2) is 4.98 Å². The van der Waals surface area contributed by atoms with Crippen LogP contribution in [0.5, 0.6) is 0 Å². The number of aromatic nitrogens is 1. The van der Waals surface area contributed by atoms with Crippen LogP contribution in [0.15, 0.2) is 6.20 Å². The van der Waals surface area contributed by atoms with Gasteiger partial charge in [-0.2, -0.15) is 0 Å². The Labute approximate surface area is 86.3 Å². The van der Waals surface area contributed by atoms with Gasteiger partial charge in [0.15, 0.2) is 0 Å². The van der Waals surface area contributed by atoms with Gasteiger partial charge < -0.3 is 5.73 Å². The van der Waals surface area contributed by atoms with Crippen molar-refractivity contribution in [2.45, 2.75) is 6.43 Å². The highest BCUT2D eigenvalue weighted by Crippen LogP contribution is 2.33. The Morgan fingerprint density at radius 2 is 2.17 bits per heavy atom. The van der Waals surface area contributed by atoms with Crippen molar-refractivity contribution >= 4 is 39.9 Å². The van der Waals surface area contributed by atoms with Gasteiger partial charge in [0.2, 0.25) is 0 Å². The summed E-state index contributed by atoms with van der Waals surface area (Å²) < 4.78 is 24.8. The van der Waals surface area contributed by atoms with Gasteiger partial charge in [-0.15, -0.1) is 0 Å². The first kappa shape index (κ1) is 9.91. The molecular weight excluding hydrogens is 300 g/mol. The predicted octanol–water partition coefficient (Wildman–Crippen LogP) is 2.86. The summed E-state index contributed by atoms with van der Waals surface area (Å²) >= 11 is 7.23. The van der Waals surface area contributed by atoms with Crippen molar-refractivity contribution in [3.8, 4) is 0 Å². The van der Waals surface area contributed by atoms with E-state index in [2.05, 4.69) is 4.98 Å². The highest BCUT2D eigenvalue weighted by molar-refractivity contribution is 14.1. The highest BCUT2D eigenvalue weighted by Gasteiger charge is 2.18. The zero-order valence-electron chi connectivity index (χ0n) is 5.69. The van der Waals surface area contributed by atoms with Gasteiger partial charge >= 0.3 is 0 Å². The quantitative estimate of drug-likeness (QED) is 0.640. The molecule has 1 heterocycles. The fourth-order valence-electron chi connectivity index (χ4n) is 0.684. The summed E-state index contributed by atoms with van der Waals surface area (Å²) in [6.07, 6.45) is -1.38. The van der Waals surface area contributed by atoms with Crippen LogP contribution < -0.4 is 5.73 Å². The van der Waals surface area contributed by atoms with Crippen molar-refractivity contribution in [1.29, 1.82) is 0 Å². The van der Waals surface area contributed by atoms with Crippen LogP contribution in [0.3, 0.4) is 0 Å². The largest absolute Gasteiger partial charge is 0.396 e. The molecule has 2 nitrogen and oxygen atoms in total. The van der Waals surface area contributed by atoms with Gasteiger partial charge in [-0.05, 0) is 22.6 Å². The average molecular weight is 304 g/mol. The molecule has 0 fully saturated rings. The molecule has 12 heavy (non-hydrogen) atoms. The number of nitrogens with zero attached hydrogens (tertiary/aromatic N) is 1. The number of anilines is 1. The minimum atomic E-state index is -2.64. The lowest BCUT2D eigenvalue weighted by atomic mass is 10.3. The molecule has 0 bridgehead atoms. The van der Waals surface area contributed by atoms with Crippen LogP contribution >= 0.6 is 34.2 Å². The zero-order valence-corrected chi connectivity index (χ0v) is 8.60. The van der Waals surface area contributed by atoms with Gasteiger partial charge in [-0.3, -0.25) is 0 Å². The number of nitrogens with two attached hydrogens (primary N) is 1. The first-order chi connectivity index (χ1) is 5.54. The second-order valence-electron chi connectivity index (χ2n) is 2.03. The van der Waals surface area contributed by atoms with Gasteiger partial charge in [0.05, 0.1) is 22.5 Å². The van der Waals surface area contributed by atoms with E-state index in [-0.39, 0.29) is 20.0 Å². The Kier molecular flexibility index (Phi) is 3.05. The van der Waals surface area contributed by atoms with Crippen molar-refractivity contribution in [2.75, 3.05) is 5.73 Å². The van der Waals surface area contributed by atoms with E-state index in [1.54, 1.807) is 22.6 Å². The predicted molar refractivity (Wildman–Crippen MR) is 51.3 cm³/mol. The van der Waals surface area contributed by atoms with E-state index in [4.69, 9.17) is 17.3 Å². The third-order valence-corrected chi connectivity index (χ3v) is 2.53. The Morgan fingerprint density at radius 3 is 2.58 bits per heavy atom. The number of hydrogen-bond donors (Lipinski definition) is 1. The lowest BCUT2D eigenvalue weighted by molar-refractivity contribution is 0.150. The smallest absolute Gasteiger partial charge is 0.267 e. The number of alkyl halides is 2. The van der Waals surface area contributed by atoms with Crippen LogP contribution in [0, 0.1) is 3.70 Å². The number of pyridine rings is 1. The molecule has 0 aliphatic heterocycles. The molecule has 0 spiro atoms. The molecule has 0 saturated carbocycles. The number of halogens is 4. The van der Waals surface area contributed by atoms with Crippen LogP contribution in [0.25, 0.3) is 0 Å². The zero-order chi connectivity index (χ0) is 9.30. The normalized spacial score (nSPS) is 10.8. The molecule has 0 aliphatic rings. The standard InChI is InChI=1S/C6H4ClF2IN2/c7-4-2(11)1-12-6(10)3(4)5(8)9/h1,5H,11H2. The van der Waals surface area contributed by atoms with Crippen molar-refractivity contribution < 1.29 is 8.78 Å². The fraction of sp³-hybridized carbons (Fsp3) is 0.167. The average Bonchev–Trinajstić information content (AvgIpc) is 1.97. The van der Waals surface area contributed by atoms with Crippen molar-refractivity contribution in [1.82, 2.24) is 4.98 Å². The molecule has 1 rings (SSSR count). The molecule has 0 aromatic carbocycles. The van der Waals surface area contributed by atoms with Crippen LogP contribution in [-0.2, 0) is 0 Å². The van der Waals surface area contributed by atoms with Gasteiger partial charge in [0.25, 0.3) is 6.43 Å². The van der Waals surface area contributed by atoms with E-state index in [0.29, 0.717) is 0 Å². The second-order valence-corrected chi connectivity index (χ2v) is 3.43. The van der Waals surface area contributed by atoms with Crippen molar-refractivity contribution in [3.05, 3.63) is 20.5 Å². The Morgan fingerprint density at radius 1 is 1.58 bits per heavy atom. The van der Waals surface area contributed by atoms with E-state index >= 15 is 0 Å². The molecule has 0 aliphatic carbocycles. The molecule has 0 saturated heterocycles. The van der Waals surface area contributed by atoms with Crippen molar-refractivity contribution in [2.24, 2.45) is 0 Å². The minimum absolute atomic E-state index is 0.0763. The third kappa shape index (κ3) is 1.77. The number of hydrogen-bond acceptors (Lipinski definition) is 2. The van der Waals surface area contributed by atoms with E-state index in [0.717, 1.165) is 0 Å². The van der Waals surface area contributed by atoms with Crippen molar-refractivity contribution in [3.63, 3.8) is 0 Å². The fourth-order valence-corrected chi connectivity index (χ4v) is 1.71. The van der Waals surface area contributed by atoms with Gasteiger partial charge in [-0.1, -0.05) is 11.6 Å². The maximum Gasteiger partial charge on any atom is 0.267 e. The van der Waals surface area contributed by atoms with E-state index < -0.39 is 6.43 Å². The molecule has 66 valence electrons. The molecule has 0 amide bonds. The third-order valence-electron chi connectivity index (χ3n) is 1.25. The summed E-state index contributed by atoms with van der Waals surface area (Å²) in [5.41, 5.74) is 5.08. The van der Waals surface area contributed by atoms with E-state index in [1.807, 2.05) is 0 Å². The highest BCUT2D eigenvalue weighted by atomic mass is 127. The number of nitrogen functional groups attached to an aromatic ring is 1. The monoisotopic (exact) mass is 304 g/mol. The molecular formula is C6H4ClF2IN2. The van der Waals surface area contributed by atoms with Gasteiger partial charge in [0, 0.05) is 0 Å². The van der Waals surface area contributed by atoms with Crippen LogP contribution in [0.4, 0.5) is 14.5 Å². The summed E-state index contributed by atoms with van der Waals surface area (Å²) in [5, 5.41) is -0.107. The first-order valence-electron chi connectivity index (χ1n) is 2.91. The summed E-state index contributed by atoms with van der Waals surface area (Å²) in [6, 6.07) is 0. The Hall–Kier alpha value is -0.170. The Balaban J connectivity index is 3.33. The SMILES string of the molecule is Nc1cnc(I)c(C(F)F)c1Cl. The van der Waals surface area contributed by atoms with E-state index in [9.17, 15) is 8.78 Å². The molecule has 0 radical (unpaired) electrons. The summed E-state index contributed by atoms with van der Waals surface area (Å²) in [4.78, 5) is 3.66. The minimum Gasteiger partial charge on any atom is -0.396 e. The lowest BCUT2D eigenvalue weighted by Crippen LogP contribution is -1.98. The summed E-state index contributed by atoms with van der Waals surface area (Å²) in [7, 11) is 0. The van der Waals surface area contributed by atoms with Crippen LogP contribution in [0.2, 0.25) is 5.02 Å². The lowest BCUT2D eigenvalue weighted by Gasteiger charge is -2.06. The Bertz CT molecular complexity index is 306. The summed E-state index contributed by atoms with van der Waals surface area (Å²) in [6.45, 7) is 0. The second kappa shape index (κ2) is 3.69. The van der Waals surface area contributed by atoms with Crippen LogP contribution in [0.1, 0.15) is 12.0 Å². The van der Waals surface area contributed by atoms with Gasteiger partial charge in [0.1, 0.15) is 3.70 Å². The summed E-state index contributed by atoms with van der Waals surface area (Å²) in [5.74, 6) is 0. The first-order valence-corrected chi connectivity index (χ1v) is 4.37. The molecule has 0 atom stereocenters. The molecule has 2 N–H and O–H groups in total. The maximum atomic E-state index is 12.3. The molecule has 1 aromatic heterocycles. The molecule has 6 heteroatoms. The van der Waals surface area contributed by atoms with Gasteiger partial charge in [-0.25, -0.2) is 13.8 Å². The van der Waals surface area contributed by atoms with E-state index in [1.165, 1.54) is 6.20 Å². The molecule has 0 unspecified atom stereocenters. The molecule has 1 aromatic rings. The number of rotatable bonds is 1. The maximum absolute atomic E-state index is 12.3. The topological polar surface area (TPSA) is 38.9 Å².